The zero-order valence-corrected chi connectivity index (χ0v) is 13.3. The summed E-state index contributed by atoms with van der Waals surface area (Å²) in [7, 11) is 1.58. The van der Waals surface area contributed by atoms with Gasteiger partial charge in [-0.3, -0.25) is 14.9 Å². The van der Waals surface area contributed by atoms with Crippen molar-refractivity contribution in [3.8, 4) is 12.3 Å². The molecule has 1 N–H and O–H groups in total. The molecule has 0 bridgehead atoms. The average Bonchev–Trinajstić information content (AvgIpc) is 2.54. The lowest BCUT2D eigenvalue weighted by atomic mass is 10.2. The molecule has 24 heavy (non-hydrogen) atoms. The smallest absolute Gasteiger partial charge is 0.314 e. The Morgan fingerprint density at radius 2 is 2.21 bits per heavy atom. The quantitative estimate of drug-likeness (QED) is 0.518. The largest absolute Gasteiger partial charge is 0.345 e. The second kappa shape index (κ2) is 7.24. The maximum absolute atomic E-state index is 12.2. The van der Waals surface area contributed by atoms with Crippen LogP contribution in [-0.4, -0.2) is 29.4 Å². The topological polar surface area (TPSA) is 88.4 Å². The Labute approximate surface area is 139 Å². The van der Waals surface area contributed by atoms with Crippen LogP contribution in [0.2, 0.25) is 0 Å². The summed E-state index contributed by atoms with van der Waals surface area (Å²) >= 11 is 0. The Morgan fingerprint density at radius 1 is 1.46 bits per heavy atom. The van der Waals surface area contributed by atoms with Gasteiger partial charge in [0.15, 0.2) is 0 Å². The first-order valence-corrected chi connectivity index (χ1v) is 7.10. The fourth-order valence-corrected chi connectivity index (χ4v) is 2.22. The van der Waals surface area contributed by atoms with Crippen LogP contribution in [0.1, 0.15) is 11.1 Å². The van der Waals surface area contributed by atoms with E-state index in [-0.39, 0.29) is 24.0 Å². The molecule has 1 aromatic carbocycles. The van der Waals surface area contributed by atoms with Gasteiger partial charge in [-0.25, -0.2) is 4.98 Å². The van der Waals surface area contributed by atoms with Crippen LogP contribution in [0.25, 0.3) is 0 Å². The molecule has 0 spiro atoms. The number of carbonyl (C=O) groups is 1. The van der Waals surface area contributed by atoms with Gasteiger partial charge < -0.3 is 10.2 Å². The number of nitrogens with zero attached hydrogens (tertiary/aromatic N) is 3. The SMILES string of the molecule is C#Cc1cccc(NC(=O)CN(C)c2nccc(C)c2[N+](=O)[O-])c1. The number of benzene rings is 1. The number of amides is 1. The molecule has 0 saturated heterocycles. The Hall–Kier alpha value is -3.40. The number of anilines is 2. The average molecular weight is 324 g/mol. The van der Waals surface area contributed by atoms with E-state index >= 15 is 0 Å². The zero-order chi connectivity index (χ0) is 17.7. The van der Waals surface area contributed by atoms with Gasteiger partial charge >= 0.3 is 5.69 Å². The molecule has 0 aliphatic heterocycles. The first kappa shape index (κ1) is 17.0. The van der Waals surface area contributed by atoms with E-state index in [1.807, 2.05) is 0 Å². The van der Waals surface area contributed by atoms with Gasteiger partial charge in [-0.15, -0.1) is 6.42 Å². The van der Waals surface area contributed by atoms with E-state index in [0.29, 0.717) is 16.8 Å². The molecule has 122 valence electrons. The molecule has 0 saturated carbocycles. The van der Waals surface area contributed by atoms with Crippen molar-refractivity contribution < 1.29 is 9.72 Å². The van der Waals surface area contributed by atoms with Gasteiger partial charge in [0.1, 0.15) is 0 Å². The highest BCUT2D eigenvalue weighted by Gasteiger charge is 2.22. The van der Waals surface area contributed by atoms with E-state index in [1.54, 1.807) is 44.3 Å². The number of carbonyl (C=O) groups excluding carboxylic acids is 1. The summed E-state index contributed by atoms with van der Waals surface area (Å²) in [5, 5.41) is 13.9. The van der Waals surface area contributed by atoms with Gasteiger partial charge in [0.25, 0.3) is 0 Å². The minimum Gasteiger partial charge on any atom is -0.345 e. The van der Waals surface area contributed by atoms with Crippen molar-refractivity contribution >= 4 is 23.1 Å². The van der Waals surface area contributed by atoms with Crippen LogP contribution in [0.4, 0.5) is 17.2 Å². The maximum atomic E-state index is 12.2. The summed E-state index contributed by atoms with van der Waals surface area (Å²) in [5.74, 6) is 2.30. The summed E-state index contributed by atoms with van der Waals surface area (Å²) in [6.45, 7) is 1.54. The number of nitrogens with one attached hydrogen (secondary N) is 1. The van der Waals surface area contributed by atoms with Crippen LogP contribution in [0.5, 0.6) is 0 Å². The predicted octanol–water partition coefficient (Wildman–Crippen LogP) is 2.35. The molecule has 1 aromatic heterocycles. The van der Waals surface area contributed by atoms with Crippen molar-refractivity contribution in [1.29, 1.82) is 0 Å². The summed E-state index contributed by atoms with van der Waals surface area (Å²) < 4.78 is 0. The van der Waals surface area contributed by atoms with Crippen molar-refractivity contribution in [3.63, 3.8) is 0 Å². The molecule has 0 unspecified atom stereocenters. The van der Waals surface area contributed by atoms with Crippen LogP contribution in [-0.2, 0) is 4.79 Å². The van der Waals surface area contributed by atoms with Crippen molar-refractivity contribution in [3.05, 3.63) is 57.8 Å². The standard InChI is InChI=1S/C17H16N4O3/c1-4-13-6-5-7-14(10-13)19-15(22)11-20(3)17-16(21(23)24)12(2)8-9-18-17/h1,5-10H,11H2,2-3H3,(H,19,22). The number of rotatable bonds is 5. The fourth-order valence-electron chi connectivity index (χ4n) is 2.22. The van der Waals surface area contributed by atoms with Crippen molar-refractivity contribution in [2.24, 2.45) is 0 Å². The molecule has 2 aromatic rings. The number of pyridine rings is 1. The van der Waals surface area contributed by atoms with Crippen LogP contribution in [0.15, 0.2) is 36.5 Å². The molecular formula is C17H16N4O3. The van der Waals surface area contributed by atoms with Gasteiger partial charge in [0, 0.05) is 30.1 Å². The van der Waals surface area contributed by atoms with Crippen LogP contribution >= 0.6 is 0 Å². The molecule has 7 nitrogen and oxygen atoms in total. The first-order valence-electron chi connectivity index (χ1n) is 7.10. The molecule has 1 amide bonds. The van der Waals surface area contributed by atoms with Gasteiger partial charge in [-0.05, 0) is 31.2 Å². The van der Waals surface area contributed by atoms with Crippen molar-refractivity contribution in [2.75, 3.05) is 23.8 Å². The number of terminal acetylenes is 1. The number of likely N-dealkylation sites (N-methyl/N-ethyl adjacent to an activating group) is 1. The minimum atomic E-state index is -0.498. The van der Waals surface area contributed by atoms with Crippen molar-refractivity contribution in [1.82, 2.24) is 4.98 Å². The third-order valence-corrected chi connectivity index (χ3v) is 3.34. The Morgan fingerprint density at radius 3 is 2.88 bits per heavy atom. The Kier molecular flexibility index (Phi) is 5.12. The lowest BCUT2D eigenvalue weighted by molar-refractivity contribution is -0.384. The highest BCUT2D eigenvalue weighted by Crippen LogP contribution is 2.27. The van der Waals surface area contributed by atoms with Gasteiger partial charge in [0.05, 0.1) is 11.5 Å². The van der Waals surface area contributed by atoms with Crippen molar-refractivity contribution in [2.45, 2.75) is 6.92 Å². The van der Waals surface area contributed by atoms with Gasteiger partial charge in [-0.1, -0.05) is 12.0 Å². The van der Waals surface area contributed by atoms with Crippen LogP contribution < -0.4 is 10.2 Å². The van der Waals surface area contributed by atoms with Gasteiger partial charge in [-0.2, -0.15) is 0 Å². The highest BCUT2D eigenvalue weighted by molar-refractivity contribution is 5.94. The van der Waals surface area contributed by atoms with Crippen LogP contribution in [0, 0.1) is 29.4 Å². The lowest BCUT2D eigenvalue weighted by Gasteiger charge is -2.18. The van der Waals surface area contributed by atoms with Crippen LogP contribution in [0.3, 0.4) is 0 Å². The van der Waals surface area contributed by atoms with E-state index in [1.165, 1.54) is 11.1 Å². The van der Waals surface area contributed by atoms with E-state index < -0.39 is 4.92 Å². The fraction of sp³-hybridized carbons (Fsp3) is 0.176. The number of nitro groups is 1. The molecule has 2 rings (SSSR count). The van der Waals surface area contributed by atoms with E-state index in [2.05, 4.69) is 16.2 Å². The minimum absolute atomic E-state index is 0.0857. The molecule has 0 atom stereocenters. The molecule has 0 aliphatic rings. The number of aryl methyl sites for hydroxylation is 1. The number of aromatic nitrogens is 1. The monoisotopic (exact) mass is 324 g/mol. The Bertz CT molecular complexity index is 827. The molecule has 0 radical (unpaired) electrons. The maximum Gasteiger partial charge on any atom is 0.314 e. The molecule has 0 aliphatic carbocycles. The second-order valence-corrected chi connectivity index (χ2v) is 5.19. The molecule has 1 heterocycles. The molecular weight excluding hydrogens is 308 g/mol. The summed E-state index contributed by atoms with van der Waals surface area (Å²) in [4.78, 5) is 28.3. The summed E-state index contributed by atoms with van der Waals surface area (Å²) in [6.07, 6.45) is 6.80. The number of hydrogen-bond acceptors (Lipinski definition) is 5. The normalized spacial score (nSPS) is 9.88. The summed E-state index contributed by atoms with van der Waals surface area (Å²) in [6, 6.07) is 8.43. The Balaban J connectivity index is 2.14. The third kappa shape index (κ3) is 3.87. The summed E-state index contributed by atoms with van der Waals surface area (Å²) in [5.41, 5.74) is 1.59. The zero-order valence-electron chi connectivity index (χ0n) is 13.3. The van der Waals surface area contributed by atoms with E-state index in [0.717, 1.165) is 0 Å². The second-order valence-electron chi connectivity index (χ2n) is 5.19. The van der Waals surface area contributed by atoms with E-state index in [9.17, 15) is 14.9 Å². The third-order valence-electron chi connectivity index (χ3n) is 3.34. The highest BCUT2D eigenvalue weighted by atomic mass is 16.6. The lowest BCUT2D eigenvalue weighted by Crippen LogP contribution is -2.31. The molecule has 7 heteroatoms. The van der Waals surface area contributed by atoms with E-state index in [4.69, 9.17) is 6.42 Å². The van der Waals surface area contributed by atoms with Gasteiger partial charge in [0.2, 0.25) is 11.7 Å². The predicted molar refractivity (Wildman–Crippen MR) is 91.9 cm³/mol. The number of hydrogen-bond donors (Lipinski definition) is 1. The molecule has 0 fully saturated rings. The first-order chi connectivity index (χ1) is 11.4.